The number of hydrogen-bond acceptors (Lipinski definition) is 4. The van der Waals surface area contributed by atoms with E-state index in [1.807, 2.05) is 60.0 Å². The number of carbonyl (C=O) groups is 2. The van der Waals surface area contributed by atoms with Crippen LogP contribution >= 0.6 is 0 Å². The number of fused-ring (bicyclic) bond motifs is 3. The fraction of sp³-hybridized carbons (Fsp3) is 0.444. The summed E-state index contributed by atoms with van der Waals surface area (Å²) < 4.78 is 7.45. The molecule has 0 saturated heterocycles. The van der Waals surface area contributed by atoms with Crippen molar-refractivity contribution in [2.24, 2.45) is 0 Å². The van der Waals surface area contributed by atoms with Crippen molar-refractivity contribution in [3.63, 3.8) is 0 Å². The Hall–Kier alpha value is -3.35. The number of para-hydroxylation sites is 3. The number of carbonyl (C=O) groups excluding carboxylic acids is 2. The summed E-state index contributed by atoms with van der Waals surface area (Å²) in [6.07, 6.45) is 6.66. The van der Waals surface area contributed by atoms with Crippen molar-refractivity contribution in [3.05, 3.63) is 59.9 Å². The van der Waals surface area contributed by atoms with Gasteiger partial charge < -0.3 is 19.5 Å². The van der Waals surface area contributed by atoms with Gasteiger partial charge in [-0.1, -0.05) is 56.0 Å². The Balaban J connectivity index is 1.55. The third-order valence-electron chi connectivity index (χ3n) is 7.35. The number of benzene rings is 2. The molecular formula is C27H32N4O3. The summed E-state index contributed by atoms with van der Waals surface area (Å²) in [4.78, 5) is 34.1. The van der Waals surface area contributed by atoms with E-state index in [0.717, 1.165) is 42.3 Å². The monoisotopic (exact) mass is 460 g/mol. The molecular weight excluding hydrogens is 428 g/mol. The third-order valence-corrected chi connectivity index (χ3v) is 7.35. The van der Waals surface area contributed by atoms with Gasteiger partial charge in [-0.2, -0.15) is 0 Å². The summed E-state index contributed by atoms with van der Waals surface area (Å²) >= 11 is 0. The van der Waals surface area contributed by atoms with Crippen LogP contribution in [0.1, 0.15) is 61.6 Å². The average Bonchev–Trinajstić information content (AvgIpc) is 3.02. The van der Waals surface area contributed by atoms with Crippen LogP contribution in [0.2, 0.25) is 0 Å². The number of ether oxygens (including phenoxy) is 1. The predicted molar refractivity (Wildman–Crippen MR) is 131 cm³/mol. The van der Waals surface area contributed by atoms with E-state index in [0.29, 0.717) is 18.1 Å². The summed E-state index contributed by atoms with van der Waals surface area (Å²) in [5, 5.41) is 3.31. The Labute approximate surface area is 200 Å². The van der Waals surface area contributed by atoms with Crippen molar-refractivity contribution >= 4 is 22.8 Å². The van der Waals surface area contributed by atoms with E-state index in [4.69, 9.17) is 4.74 Å². The standard InChI is InChI=1S/C27H32N4O3/c1-27(26(33)28-20-12-5-3-4-6-13-20)18-30-22-15-9-8-14-21(22)29-24(30)25(32)31(27)17-19-11-7-10-16-23(19)34-2/h7-11,14-16,20H,3-6,12-13,17-18H2,1-2H3,(H,28,33). The van der Waals surface area contributed by atoms with Crippen LogP contribution in [0.5, 0.6) is 5.75 Å². The molecule has 2 aliphatic rings. The van der Waals surface area contributed by atoms with Gasteiger partial charge in [0.05, 0.1) is 31.2 Å². The summed E-state index contributed by atoms with van der Waals surface area (Å²) in [5.41, 5.74) is 1.42. The van der Waals surface area contributed by atoms with Crippen LogP contribution in [0.3, 0.4) is 0 Å². The number of amides is 2. The van der Waals surface area contributed by atoms with Gasteiger partial charge in [-0.25, -0.2) is 4.98 Å². The predicted octanol–water partition coefficient (Wildman–Crippen LogP) is 4.30. The highest BCUT2D eigenvalue weighted by atomic mass is 16.5. The average molecular weight is 461 g/mol. The molecule has 0 radical (unpaired) electrons. The minimum atomic E-state index is -1.07. The number of rotatable bonds is 5. The summed E-state index contributed by atoms with van der Waals surface area (Å²) in [6.45, 7) is 2.49. The zero-order chi connectivity index (χ0) is 23.7. The number of hydrogen-bond donors (Lipinski definition) is 1. The van der Waals surface area contributed by atoms with Gasteiger partial charge in [0, 0.05) is 11.6 Å². The molecule has 1 N–H and O–H groups in total. The smallest absolute Gasteiger partial charge is 0.291 e. The van der Waals surface area contributed by atoms with Crippen LogP contribution in [0, 0.1) is 0 Å². The van der Waals surface area contributed by atoms with E-state index in [1.54, 1.807) is 12.0 Å². The second-order valence-corrected chi connectivity index (χ2v) is 9.65. The van der Waals surface area contributed by atoms with E-state index in [9.17, 15) is 9.59 Å². The van der Waals surface area contributed by atoms with Gasteiger partial charge in [-0.15, -0.1) is 0 Å². The van der Waals surface area contributed by atoms with Gasteiger partial charge >= 0.3 is 0 Å². The number of imidazole rings is 1. The van der Waals surface area contributed by atoms with Crippen molar-refractivity contribution in [2.45, 2.75) is 70.1 Å². The lowest BCUT2D eigenvalue weighted by Gasteiger charge is -2.44. The van der Waals surface area contributed by atoms with Gasteiger partial charge in [0.2, 0.25) is 5.91 Å². The molecule has 1 saturated carbocycles. The molecule has 2 amide bonds. The molecule has 1 aromatic heterocycles. The van der Waals surface area contributed by atoms with E-state index >= 15 is 0 Å². The Morgan fingerprint density at radius 1 is 1.09 bits per heavy atom. The molecule has 178 valence electrons. The molecule has 5 rings (SSSR count). The Morgan fingerprint density at radius 3 is 2.56 bits per heavy atom. The quantitative estimate of drug-likeness (QED) is 0.576. The minimum absolute atomic E-state index is 0.105. The molecule has 1 aliphatic carbocycles. The molecule has 1 atom stereocenters. The molecule has 0 spiro atoms. The van der Waals surface area contributed by atoms with Crippen molar-refractivity contribution in [3.8, 4) is 5.75 Å². The highest BCUT2D eigenvalue weighted by Gasteiger charge is 2.49. The minimum Gasteiger partial charge on any atom is -0.496 e. The first-order valence-electron chi connectivity index (χ1n) is 12.2. The molecule has 7 nitrogen and oxygen atoms in total. The maximum atomic E-state index is 13.9. The molecule has 2 aromatic carbocycles. The SMILES string of the molecule is COc1ccccc1CN1C(=O)c2nc3ccccc3n2CC1(C)C(=O)NC1CCCCCC1. The first-order valence-corrected chi connectivity index (χ1v) is 12.2. The largest absolute Gasteiger partial charge is 0.496 e. The maximum absolute atomic E-state index is 13.9. The summed E-state index contributed by atoms with van der Waals surface area (Å²) in [6, 6.07) is 15.5. The van der Waals surface area contributed by atoms with E-state index < -0.39 is 5.54 Å². The molecule has 1 fully saturated rings. The molecule has 3 aromatic rings. The molecule has 7 heteroatoms. The fourth-order valence-corrected chi connectivity index (χ4v) is 5.35. The lowest BCUT2D eigenvalue weighted by atomic mass is 9.93. The van der Waals surface area contributed by atoms with Crippen LogP contribution in [0.4, 0.5) is 0 Å². The van der Waals surface area contributed by atoms with Crippen LogP contribution in [-0.4, -0.2) is 45.0 Å². The number of nitrogens with zero attached hydrogens (tertiary/aromatic N) is 3. The van der Waals surface area contributed by atoms with Crippen molar-refractivity contribution in [2.75, 3.05) is 7.11 Å². The highest BCUT2D eigenvalue weighted by molar-refractivity contribution is 6.01. The van der Waals surface area contributed by atoms with Crippen molar-refractivity contribution in [1.29, 1.82) is 0 Å². The topological polar surface area (TPSA) is 76.5 Å². The van der Waals surface area contributed by atoms with Gasteiger partial charge in [-0.05, 0) is 38.0 Å². The molecule has 1 unspecified atom stereocenters. The van der Waals surface area contributed by atoms with Crippen LogP contribution in [0.25, 0.3) is 11.0 Å². The van der Waals surface area contributed by atoms with E-state index in [2.05, 4.69) is 10.3 Å². The Morgan fingerprint density at radius 2 is 1.79 bits per heavy atom. The first kappa shape index (κ1) is 22.4. The fourth-order valence-electron chi connectivity index (χ4n) is 5.35. The normalized spacial score (nSPS) is 21.2. The van der Waals surface area contributed by atoms with Crippen LogP contribution in [0.15, 0.2) is 48.5 Å². The van der Waals surface area contributed by atoms with Gasteiger partial charge in [0.15, 0.2) is 5.82 Å². The lowest BCUT2D eigenvalue weighted by molar-refractivity contribution is -0.134. The van der Waals surface area contributed by atoms with Gasteiger partial charge in [-0.3, -0.25) is 9.59 Å². The molecule has 0 bridgehead atoms. The molecule has 1 aliphatic heterocycles. The zero-order valence-electron chi connectivity index (χ0n) is 19.9. The number of nitrogens with one attached hydrogen (secondary N) is 1. The summed E-state index contributed by atoms with van der Waals surface area (Å²) in [7, 11) is 1.62. The number of methoxy groups -OCH3 is 1. The zero-order valence-corrected chi connectivity index (χ0v) is 19.9. The molecule has 34 heavy (non-hydrogen) atoms. The lowest BCUT2D eigenvalue weighted by Crippen LogP contribution is -2.64. The Kier molecular flexibility index (Phi) is 6.02. The summed E-state index contributed by atoms with van der Waals surface area (Å²) in [5.74, 6) is 0.717. The van der Waals surface area contributed by atoms with Gasteiger partial charge in [0.1, 0.15) is 11.3 Å². The highest BCUT2D eigenvalue weighted by Crippen LogP contribution is 2.33. The maximum Gasteiger partial charge on any atom is 0.291 e. The first-order chi connectivity index (χ1) is 16.5. The van der Waals surface area contributed by atoms with Crippen LogP contribution in [-0.2, 0) is 17.9 Å². The number of aromatic nitrogens is 2. The van der Waals surface area contributed by atoms with E-state index in [1.165, 1.54) is 12.8 Å². The van der Waals surface area contributed by atoms with Gasteiger partial charge in [0.25, 0.3) is 5.91 Å². The molecule has 2 heterocycles. The van der Waals surface area contributed by atoms with Crippen LogP contribution < -0.4 is 10.1 Å². The van der Waals surface area contributed by atoms with Crippen molar-refractivity contribution < 1.29 is 14.3 Å². The second kappa shape index (κ2) is 9.12. The Bertz CT molecular complexity index is 1210. The van der Waals surface area contributed by atoms with E-state index in [-0.39, 0.29) is 24.4 Å². The van der Waals surface area contributed by atoms with Crippen molar-refractivity contribution in [1.82, 2.24) is 19.8 Å². The third kappa shape index (κ3) is 3.93. The second-order valence-electron chi connectivity index (χ2n) is 9.65.